The van der Waals surface area contributed by atoms with E-state index in [1.165, 1.54) is 69.0 Å². The highest BCUT2D eigenvalue weighted by molar-refractivity contribution is 6.31. The standard InChI is InChI=1S/C23H19ClFN3O4/c1-31-20-10-5-15(11-21(20)32-2)22(29)27-19-12-16(24)6-9-18(19)23(30)28-26-13-14-3-7-17(25)8-4-14/h3-13H,1-2H3,(H,27,29)(H,28,30)/b26-13+. The molecule has 164 valence electrons. The number of halogens is 2. The topological polar surface area (TPSA) is 89.0 Å². The summed E-state index contributed by atoms with van der Waals surface area (Å²) in [6.45, 7) is 0. The number of hydrogen-bond donors (Lipinski definition) is 2. The van der Waals surface area contributed by atoms with Gasteiger partial charge in [-0.1, -0.05) is 23.7 Å². The highest BCUT2D eigenvalue weighted by Gasteiger charge is 2.16. The summed E-state index contributed by atoms with van der Waals surface area (Å²) in [5.41, 5.74) is 3.62. The van der Waals surface area contributed by atoms with Crippen LogP contribution in [-0.4, -0.2) is 32.2 Å². The second-order valence-electron chi connectivity index (χ2n) is 6.46. The normalized spacial score (nSPS) is 10.6. The molecule has 2 amide bonds. The van der Waals surface area contributed by atoms with Crippen LogP contribution < -0.4 is 20.2 Å². The number of methoxy groups -OCH3 is 2. The Morgan fingerprint density at radius 1 is 0.938 bits per heavy atom. The number of hydrogen-bond acceptors (Lipinski definition) is 5. The van der Waals surface area contributed by atoms with Crippen molar-refractivity contribution < 1.29 is 23.5 Å². The molecule has 0 aliphatic rings. The predicted molar refractivity (Wildman–Crippen MR) is 120 cm³/mol. The van der Waals surface area contributed by atoms with E-state index in [1.807, 2.05) is 0 Å². The summed E-state index contributed by atoms with van der Waals surface area (Å²) >= 11 is 6.06. The highest BCUT2D eigenvalue weighted by atomic mass is 35.5. The SMILES string of the molecule is COc1ccc(C(=O)Nc2cc(Cl)ccc2C(=O)N/N=C/c2ccc(F)cc2)cc1OC. The number of ether oxygens (including phenoxy) is 2. The third-order valence-corrected chi connectivity index (χ3v) is 4.60. The smallest absolute Gasteiger partial charge is 0.273 e. The summed E-state index contributed by atoms with van der Waals surface area (Å²) in [5.74, 6) is -0.549. The first-order valence-corrected chi connectivity index (χ1v) is 9.71. The lowest BCUT2D eigenvalue weighted by molar-refractivity contribution is 0.0956. The second kappa shape index (κ2) is 10.4. The Labute approximate surface area is 188 Å². The number of nitrogens with one attached hydrogen (secondary N) is 2. The molecule has 0 aliphatic heterocycles. The summed E-state index contributed by atoms with van der Waals surface area (Å²) in [7, 11) is 2.96. The van der Waals surface area contributed by atoms with Crippen molar-refractivity contribution in [3.05, 3.63) is 88.2 Å². The minimum Gasteiger partial charge on any atom is -0.493 e. The summed E-state index contributed by atoms with van der Waals surface area (Å²) in [6, 6.07) is 14.7. The molecule has 0 radical (unpaired) electrons. The first-order valence-electron chi connectivity index (χ1n) is 9.33. The van der Waals surface area contributed by atoms with Crippen LogP contribution in [0.5, 0.6) is 11.5 Å². The van der Waals surface area contributed by atoms with Crippen LogP contribution in [-0.2, 0) is 0 Å². The lowest BCUT2D eigenvalue weighted by atomic mass is 10.1. The molecule has 3 aromatic carbocycles. The van der Waals surface area contributed by atoms with E-state index in [4.69, 9.17) is 21.1 Å². The monoisotopic (exact) mass is 455 g/mol. The van der Waals surface area contributed by atoms with Crippen molar-refractivity contribution in [2.24, 2.45) is 5.10 Å². The molecule has 0 saturated carbocycles. The van der Waals surface area contributed by atoms with Gasteiger partial charge < -0.3 is 14.8 Å². The zero-order valence-corrected chi connectivity index (χ0v) is 17.9. The molecule has 0 atom stereocenters. The molecule has 0 spiro atoms. The van der Waals surface area contributed by atoms with Crippen LogP contribution in [0.3, 0.4) is 0 Å². The van der Waals surface area contributed by atoms with Crippen LogP contribution in [0.2, 0.25) is 5.02 Å². The molecule has 2 N–H and O–H groups in total. The van der Waals surface area contributed by atoms with E-state index in [-0.39, 0.29) is 17.1 Å². The van der Waals surface area contributed by atoms with E-state index in [2.05, 4.69) is 15.8 Å². The van der Waals surface area contributed by atoms with Gasteiger partial charge in [-0.25, -0.2) is 9.82 Å². The second-order valence-corrected chi connectivity index (χ2v) is 6.90. The molecular formula is C23H19ClFN3O4. The van der Waals surface area contributed by atoms with Gasteiger partial charge in [-0.15, -0.1) is 0 Å². The number of benzene rings is 3. The summed E-state index contributed by atoms with van der Waals surface area (Å²) < 4.78 is 23.4. The van der Waals surface area contributed by atoms with Crippen LogP contribution in [0, 0.1) is 5.82 Å². The zero-order chi connectivity index (χ0) is 23.1. The number of rotatable bonds is 7. The van der Waals surface area contributed by atoms with Gasteiger partial charge in [-0.3, -0.25) is 9.59 Å². The molecule has 0 saturated heterocycles. The fourth-order valence-corrected chi connectivity index (χ4v) is 2.94. The average Bonchev–Trinajstić information content (AvgIpc) is 2.79. The Balaban J connectivity index is 1.77. The summed E-state index contributed by atoms with van der Waals surface area (Å²) in [6.07, 6.45) is 1.37. The van der Waals surface area contributed by atoms with Crippen molar-refractivity contribution in [2.75, 3.05) is 19.5 Å². The van der Waals surface area contributed by atoms with E-state index < -0.39 is 11.8 Å². The first-order chi connectivity index (χ1) is 15.4. The maximum absolute atomic E-state index is 13.0. The van der Waals surface area contributed by atoms with Gasteiger partial charge in [0.2, 0.25) is 0 Å². The number of hydrazone groups is 1. The summed E-state index contributed by atoms with van der Waals surface area (Å²) in [4.78, 5) is 25.4. The van der Waals surface area contributed by atoms with Crippen molar-refractivity contribution in [1.29, 1.82) is 0 Å². The molecule has 9 heteroatoms. The van der Waals surface area contributed by atoms with E-state index in [0.717, 1.165) is 0 Å². The fourth-order valence-electron chi connectivity index (χ4n) is 2.76. The van der Waals surface area contributed by atoms with Crippen molar-refractivity contribution >= 4 is 35.3 Å². The van der Waals surface area contributed by atoms with E-state index in [9.17, 15) is 14.0 Å². The molecule has 3 aromatic rings. The van der Waals surface area contributed by atoms with Crippen molar-refractivity contribution in [3.8, 4) is 11.5 Å². The van der Waals surface area contributed by atoms with E-state index in [1.54, 1.807) is 12.1 Å². The van der Waals surface area contributed by atoms with Crippen molar-refractivity contribution in [2.45, 2.75) is 0 Å². The van der Waals surface area contributed by atoms with Gasteiger partial charge in [0.15, 0.2) is 11.5 Å². The molecule has 0 unspecified atom stereocenters. The highest BCUT2D eigenvalue weighted by Crippen LogP contribution is 2.28. The van der Waals surface area contributed by atoms with Crippen molar-refractivity contribution in [1.82, 2.24) is 5.43 Å². The van der Waals surface area contributed by atoms with Crippen LogP contribution in [0.4, 0.5) is 10.1 Å². The number of carbonyl (C=O) groups is 2. The maximum Gasteiger partial charge on any atom is 0.273 e. The predicted octanol–water partition coefficient (Wildman–Crippen LogP) is 4.51. The molecular weight excluding hydrogens is 437 g/mol. The Bertz CT molecular complexity index is 1170. The van der Waals surface area contributed by atoms with Crippen LogP contribution in [0.1, 0.15) is 26.3 Å². The summed E-state index contributed by atoms with van der Waals surface area (Å²) in [5, 5.41) is 6.88. The fraction of sp³-hybridized carbons (Fsp3) is 0.0870. The molecule has 0 aromatic heterocycles. The number of carbonyl (C=O) groups excluding carboxylic acids is 2. The molecule has 3 rings (SSSR count). The molecule has 7 nitrogen and oxygen atoms in total. The average molecular weight is 456 g/mol. The lowest BCUT2D eigenvalue weighted by Gasteiger charge is -2.12. The lowest BCUT2D eigenvalue weighted by Crippen LogP contribution is -2.21. The molecule has 0 heterocycles. The number of anilines is 1. The Morgan fingerprint density at radius 2 is 1.66 bits per heavy atom. The Hall–Kier alpha value is -3.91. The largest absolute Gasteiger partial charge is 0.493 e. The van der Waals surface area contributed by atoms with Crippen LogP contribution >= 0.6 is 11.6 Å². The van der Waals surface area contributed by atoms with E-state index >= 15 is 0 Å². The number of amides is 2. The van der Waals surface area contributed by atoms with Gasteiger partial charge in [0.25, 0.3) is 11.8 Å². The maximum atomic E-state index is 13.0. The molecule has 0 bridgehead atoms. The van der Waals surface area contributed by atoms with E-state index in [0.29, 0.717) is 27.6 Å². The zero-order valence-electron chi connectivity index (χ0n) is 17.2. The Kier molecular flexibility index (Phi) is 7.41. The minimum atomic E-state index is -0.567. The molecule has 0 aliphatic carbocycles. The van der Waals surface area contributed by atoms with Gasteiger partial charge in [0.1, 0.15) is 5.82 Å². The van der Waals surface area contributed by atoms with Gasteiger partial charge in [-0.05, 0) is 54.1 Å². The van der Waals surface area contributed by atoms with Crippen molar-refractivity contribution in [3.63, 3.8) is 0 Å². The van der Waals surface area contributed by atoms with Gasteiger partial charge >= 0.3 is 0 Å². The van der Waals surface area contributed by atoms with Gasteiger partial charge in [-0.2, -0.15) is 5.10 Å². The number of nitrogens with zero attached hydrogens (tertiary/aromatic N) is 1. The van der Waals surface area contributed by atoms with Crippen LogP contribution in [0.25, 0.3) is 0 Å². The third-order valence-electron chi connectivity index (χ3n) is 4.37. The Morgan fingerprint density at radius 3 is 2.34 bits per heavy atom. The minimum absolute atomic E-state index is 0.152. The third kappa shape index (κ3) is 5.61. The van der Waals surface area contributed by atoms with Gasteiger partial charge in [0.05, 0.1) is 31.7 Å². The quantitative estimate of drug-likeness (QED) is 0.405. The van der Waals surface area contributed by atoms with Crippen LogP contribution in [0.15, 0.2) is 65.8 Å². The molecule has 32 heavy (non-hydrogen) atoms. The first kappa shape index (κ1) is 22.8. The molecule has 0 fully saturated rings. The van der Waals surface area contributed by atoms with Gasteiger partial charge in [0, 0.05) is 10.6 Å².